The van der Waals surface area contributed by atoms with Gasteiger partial charge in [0.15, 0.2) is 17.3 Å². The number of nitrogens with zero attached hydrogens (tertiary/aromatic N) is 1. The van der Waals surface area contributed by atoms with Gasteiger partial charge in [-0.3, -0.25) is 14.5 Å². The molecule has 1 atom stereocenters. The van der Waals surface area contributed by atoms with E-state index in [-0.39, 0.29) is 24.0 Å². The van der Waals surface area contributed by atoms with Crippen LogP contribution in [0.25, 0.3) is 0 Å². The van der Waals surface area contributed by atoms with Crippen LogP contribution in [0.3, 0.4) is 0 Å². The average molecular weight is 452 g/mol. The Labute approximate surface area is 183 Å². The lowest BCUT2D eigenvalue weighted by atomic mass is 9.91. The monoisotopic (exact) mass is 451 g/mol. The summed E-state index contributed by atoms with van der Waals surface area (Å²) in [5, 5.41) is 10.8. The third kappa shape index (κ3) is 4.63. The van der Waals surface area contributed by atoms with Gasteiger partial charge in [0, 0.05) is 19.2 Å². The molecule has 0 amide bonds. The van der Waals surface area contributed by atoms with E-state index in [1.807, 2.05) is 0 Å². The average Bonchev–Trinajstić information content (AvgIpc) is 3.24. The molecule has 31 heavy (non-hydrogen) atoms. The number of hydrogen-bond acceptors (Lipinski definition) is 9. The summed E-state index contributed by atoms with van der Waals surface area (Å²) in [5.41, 5.74) is -0.0761. The Kier molecular flexibility index (Phi) is 6.35. The maximum atomic E-state index is 12.5. The molecule has 9 nitrogen and oxygen atoms in total. The molecule has 1 aromatic carbocycles. The molecule has 166 valence electrons. The van der Waals surface area contributed by atoms with Crippen LogP contribution >= 0.6 is 11.6 Å². The first-order valence-corrected chi connectivity index (χ1v) is 10.2. The second-order valence-electron chi connectivity index (χ2n) is 7.25. The van der Waals surface area contributed by atoms with Crippen LogP contribution < -0.4 is 14.9 Å². The van der Waals surface area contributed by atoms with E-state index in [4.69, 9.17) is 35.0 Å². The minimum absolute atomic E-state index is 0.0234. The fraction of sp³-hybridized carbons (Fsp3) is 0.429. The Morgan fingerprint density at radius 3 is 2.77 bits per heavy atom. The van der Waals surface area contributed by atoms with Crippen LogP contribution in [-0.2, 0) is 20.8 Å². The van der Waals surface area contributed by atoms with E-state index in [0.29, 0.717) is 55.7 Å². The number of carbonyl (C=O) groups excluding carboxylic acids is 1. The van der Waals surface area contributed by atoms with E-state index in [1.54, 1.807) is 12.1 Å². The molecule has 0 saturated carbocycles. The van der Waals surface area contributed by atoms with Crippen molar-refractivity contribution in [1.29, 1.82) is 0 Å². The van der Waals surface area contributed by atoms with Gasteiger partial charge >= 0.3 is 5.97 Å². The van der Waals surface area contributed by atoms with Crippen molar-refractivity contribution in [3.63, 3.8) is 0 Å². The van der Waals surface area contributed by atoms with E-state index in [2.05, 4.69) is 4.90 Å². The minimum Gasteiger partial charge on any atom is -0.502 e. The van der Waals surface area contributed by atoms with Gasteiger partial charge in [-0.05, 0) is 17.7 Å². The van der Waals surface area contributed by atoms with Gasteiger partial charge in [0.1, 0.15) is 5.76 Å². The zero-order valence-corrected chi connectivity index (χ0v) is 17.6. The van der Waals surface area contributed by atoms with Gasteiger partial charge in [-0.2, -0.15) is 0 Å². The molecule has 1 aromatic heterocycles. The van der Waals surface area contributed by atoms with Crippen LogP contribution in [0.2, 0.25) is 5.02 Å². The van der Waals surface area contributed by atoms with Crippen molar-refractivity contribution in [2.75, 3.05) is 40.2 Å². The number of carbonyl (C=O) groups is 1. The molecule has 2 aromatic rings. The molecule has 1 saturated heterocycles. The number of esters is 1. The maximum Gasteiger partial charge on any atom is 0.306 e. The Balaban J connectivity index is 1.75. The summed E-state index contributed by atoms with van der Waals surface area (Å²) >= 11 is 6.31. The number of fused-ring (bicyclic) bond motifs is 1. The number of benzene rings is 1. The number of aromatic hydroxyl groups is 1. The van der Waals surface area contributed by atoms with Crippen molar-refractivity contribution >= 4 is 17.6 Å². The van der Waals surface area contributed by atoms with Gasteiger partial charge < -0.3 is 28.5 Å². The van der Waals surface area contributed by atoms with Gasteiger partial charge in [-0.25, -0.2) is 0 Å². The molecule has 2 aliphatic heterocycles. The molecule has 0 spiro atoms. The number of halogens is 1. The van der Waals surface area contributed by atoms with Gasteiger partial charge in [-0.1, -0.05) is 11.6 Å². The smallest absolute Gasteiger partial charge is 0.306 e. The molecule has 0 aliphatic carbocycles. The highest BCUT2D eigenvalue weighted by atomic mass is 35.5. The molecular formula is C21H22ClNO8. The molecule has 1 N–H and O–H groups in total. The summed E-state index contributed by atoms with van der Waals surface area (Å²) in [6.07, 6.45) is -0.177. The van der Waals surface area contributed by atoms with Crippen LogP contribution in [0.4, 0.5) is 0 Å². The summed E-state index contributed by atoms with van der Waals surface area (Å²) in [7, 11) is 1.26. The van der Waals surface area contributed by atoms with Crippen molar-refractivity contribution in [2.45, 2.75) is 18.9 Å². The highest BCUT2D eigenvalue weighted by Crippen LogP contribution is 2.44. The second kappa shape index (κ2) is 9.17. The van der Waals surface area contributed by atoms with Crippen molar-refractivity contribution < 1.29 is 33.3 Å². The number of ether oxygens (including phenoxy) is 4. The van der Waals surface area contributed by atoms with Crippen LogP contribution in [-0.4, -0.2) is 56.2 Å². The van der Waals surface area contributed by atoms with Gasteiger partial charge in [-0.15, -0.1) is 0 Å². The largest absolute Gasteiger partial charge is 0.502 e. The van der Waals surface area contributed by atoms with Crippen LogP contribution in [0, 0.1) is 0 Å². The fourth-order valence-corrected chi connectivity index (χ4v) is 3.92. The third-order valence-corrected chi connectivity index (χ3v) is 5.53. The molecule has 4 rings (SSSR count). The molecule has 3 heterocycles. The Hall–Kier alpha value is -2.75. The normalized spacial score (nSPS) is 16.8. The van der Waals surface area contributed by atoms with E-state index in [9.17, 15) is 14.7 Å². The summed E-state index contributed by atoms with van der Waals surface area (Å²) in [5.74, 6) is -0.778. The van der Waals surface area contributed by atoms with E-state index in [1.165, 1.54) is 13.2 Å². The first-order valence-electron chi connectivity index (χ1n) is 9.78. The predicted molar refractivity (Wildman–Crippen MR) is 109 cm³/mol. The summed E-state index contributed by atoms with van der Waals surface area (Å²) in [6, 6.07) is 4.50. The number of morpholine rings is 1. The lowest BCUT2D eigenvalue weighted by molar-refractivity contribution is -0.140. The highest BCUT2D eigenvalue weighted by Gasteiger charge is 2.30. The lowest BCUT2D eigenvalue weighted by Gasteiger charge is -2.26. The van der Waals surface area contributed by atoms with Crippen LogP contribution in [0.1, 0.15) is 29.4 Å². The molecule has 1 unspecified atom stereocenters. The first kappa shape index (κ1) is 21.5. The van der Waals surface area contributed by atoms with Crippen molar-refractivity contribution in [3.8, 4) is 17.2 Å². The summed E-state index contributed by atoms with van der Waals surface area (Å²) < 4.78 is 26.9. The zero-order valence-electron chi connectivity index (χ0n) is 16.9. The summed E-state index contributed by atoms with van der Waals surface area (Å²) in [6.45, 7) is 2.98. The third-order valence-electron chi connectivity index (χ3n) is 5.25. The second-order valence-corrected chi connectivity index (χ2v) is 7.65. The molecule has 0 bridgehead atoms. The molecule has 2 aliphatic rings. The molecule has 0 radical (unpaired) electrons. The number of hydrogen-bond donors (Lipinski definition) is 1. The topological polar surface area (TPSA) is 108 Å². The standard InChI is InChI=1S/C21H22ClNO8/c1-27-18(25)9-14(12-6-15(22)21-17(7-12)29-11-30-21)20-19(26)16(24)8-13(31-20)10-23-2-4-28-5-3-23/h6-8,14,26H,2-5,9-11H2,1H3. The molecular weight excluding hydrogens is 430 g/mol. The lowest BCUT2D eigenvalue weighted by Crippen LogP contribution is -2.35. The van der Waals surface area contributed by atoms with E-state index >= 15 is 0 Å². The predicted octanol–water partition coefficient (Wildman–Crippen LogP) is 2.25. The summed E-state index contributed by atoms with van der Waals surface area (Å²) in [4.78, 5) is 26.7. The molecule has 10 heteroatoms. The van der Waals surface area contributed by atoms with E-state index in [0.717, 1.165) is 0 Å². The van der Waals surface area contributed by atoms with Gasteiger partial charge in [0.05, 0.1) is 44.2 Å². The fourth-order valence-electron chi connectivity index (χ4n) is 3.65. The van der Waals surface area contributed by atoms with Crippen LogP contribution in [0.15, 0.2) is 27.4 Å². The Morgan fingerprint density at radius 2 is 2.03 bits per heavy atom. The quantitative estimate of drug-likeness (QED) is 0.661. The molecule has 1 fully saturated rings. The maximum absolute atomic E-state index is 12.5. The van der Waals surface area contributed by atoms with Crippen molar-refractivity contribution in [2.24, 2.45) is 0 Å². The van der Waals surface area contributed by atoms with Crippen LogP contribution in [0.5, 0.6) is 17.2 Å². The SMILES string of the molecule is COC(=O)CC(c1cc(Cl)c2c(c1)OCO2)c1oc(CN2CCOCC2)cc(=O)c1O. The first-order chi connectivity index (χ1) is 15.0. The van der Waals surface area contributed by atoms with Gasteiger partial charge in [0.25, 0.3) is 0 Å². The zero-order chi connectivity index (χ0) is 22.0. The number of rotatable bonds is 6. The Bertz CT molecular complexity index is 1030. The number of methoxy groups -OCH3 is 1. The Morgan fingerprint density at radius 1 is 1.26 bits per heavy atom. The van der Waals surface area contributed by atoms with Crippen molar-refractivity contribution in [1.82, 2.24) is 4.90 Å². The van der Waals surface area contributed by atoms with Crippen molar-refractivity contribution in [3.05, 3.63) is 50.5 Å². The minimum atomic E-state index is -0.822. The van der Waals surface area contributed by atoms with E-state index < -0.39 is 23.1 Å². The highest BCUT2D eigenvalue weighted by molar-refractivity contribution is 6.32. The van der Waals surface area contributed by atoms with Gasteiger partial charge in [0.2, 0.25) is 18.0 Å².